The molecule has 1 aromatic heterocycles. The molecule has 0 unspecified atom stereocenters. The van der Waals surface area contributed by atoms with Crippen LogP contribution in [0.1, 0.15) is 24.1 Å². The second-order valence-electron chi connectivity index (χ2n) is 5.17. The van der Waals surface area contributed by atoms with E-state index in [4.69, 9.17) is 9.84 Å². The summed E-state index contributed by atoms with van der Waals surface area (Å²) in [5.41, 5.74) is 2.13. The van der Waals surface area contributed by atoms with Crippen molar-refractivity contribution < 1.29 is 14.6 Å². The van der Waals surface area contributed by atoms with Gasteiger partial charge in [-0.25, -0.2) is 4.79 Å². The molecule has 0 fully saturated rings. The smallest absolute Gasteiger partial charge is 0.328 e. The van der Waals surface area contributed by atoms with E-state index in [1.807, 2.05) is 47.2 Å². The number of carboxylic acids is 1. The highest BCUT2D eigenvalue weighted by Gasteiger charge is 1.99. The minimum absolute atomic E-state index is 0.685. The van der Waals surface area contributed by atoms with Gasteiger partial charge in [0.05, 0.1) is 6.61 Å². The molecule has 2 aromatic rings. The Morgan fingerprint density at radius 2 is 2.00 bits per heavy atom. The highest BCUT2D eigenvalue weighted by atomic mass is 16.5. The van der Waals surface area contributed by atoms with Crippen LogP contribution in [0.2, 0.25) is 0 Å². The summed E-state index contributed by atoms with van der Waals surface area (Å²) in [4.78, 5) is 10.5. The fraction of sp³-hybridized carbons (Fsp3) is 0.278. The molecule has 1 heterocycles. The molecular formula is C18H21NO3. The first kappa shape index (κ1) is 15.9. The molecule has 0 aliphatic rings. The van der Waals surface area contributed by atoms with Gasteiger partial charge < -0.3 is 14.4 Å². The van der Waals surface area contributed by atoms with Crippen LogP contribution in [-0.4, -0.2) is 22.2 Å². The zero-order valence-corrected chi connectivity index (χ0v) is 12.7. The number of unbranched alkanes of at least 4 members (excludes halogenated alkanes) is 1. The van der Waals surface area contributed by atoms with Gasteiger partial charge in [-0.2, -0.15) is 0 Å². The number of hydrogen-bond donors (Lipinski definition) is 1. The van der Waals surface area contributed by atoms with Gasteiger partial charge in [0, 0.05) is 24.5 Å². The van der Waals surface area contributed by atoms with Crippen molar-refractivity contribution in [1.29, 1.82) is 0 Å². The minimum Gasteiger partial charge on any atom is -0.494 e. The Morgan fingerprint density at radius 1 is 1.23 bits per heavy atom. The number of carbonyl (C=O) groups is 1. The topological polar surface area (TPSA) is 51.5 Å². The predicted molar refractivity (Wildman–Crippen MR) is 87.0 cm³/mol. The van der Waals surface area contributed by atoms with E-state index in [9.17, 15) is 4.79 Å². The molecule has 22 heavy (non-hydrogen) atoms. The number of carboxylic acid groups (broad SMARTS) is 1. The zero-order chi connectivity index (χ0) is 15.8. The fourth-order valence-electron chi connectivity index (χ4n) is 2.15. The number of hydrogen-bond acceptors (Lipinski definition) is 2. The highest BCUT2D eigenvalue weighted by molar-refractivity contribution is 5.84. The van der Waals surface area contributed by atoms with E-state index in [0.717, 1.165) is 36.9 Å². The first-order valence-electron chi connectivity index (χ1n) is 7.41. The average Bonchev–Trinajstić information content (AvgIpc) is 2.94. The molecule has 0 aliphatic heterocycles. The molecule has 0 saturated carbocycles. The lowest BCUT2D eigenvalue weighted by molar-refractivity contribution is -0.131. The molecule has 0 bridgehead atoms. The lowest BCUT2D eigenvalue weighted by Gasteiger charge is -2.08. The Hall–Kier alpha value is -2.49. The van der Waals surface area contributed by atoms with Crippen molar-refractivity contribution in [3.05, 3.63) is 59.9 Å². The molecule has 0 saturated heterocycles. The normalized spacial score (nSPS) is 11.0. The molecule has 0 spiro atoms. The standard InChI is InChI=1S/C18H21NO3/c1-15-6-9-17(10-7-15)22-14-3-2-12-19-13-4-5-16(19)8-11-18(20)21/h4-11,13H,2-3,12,14H2,1H3,(H,20,21)/b11-8+. The summed E-state index contributed by atoms with van der Waals surface area (Å²) in [6.07, 6.45) is 6.67. The number of rotatable bonds is 8. The lowest BCUT2D eigenvalue weighted by atomic mass is 10.2. The van der Waals surface area contributed by atoms with Gasteiger partial charge in [-0.3, -0.25) is 0 Å². The van der Waals surface area contributed by atoms with E-state index in [2.05, 4.69) is 6.92 Å². The molecule has 2 rings (SSSR count). The summed E-state index contributed by atoms with van der Waals surface area (Å²) in [7, 11) is 0. The number of ether oxygens (including phenoxy) is 1. The second kappa shape index (κ2) is 8.08. The Kier molecular flexibility index (Phi) is 5.83. The minimum atomic E-state index is -0.931. The van der Waals surface area contributed by atoms with Crippen molar-refractivity contribution in [2.45, 2.75) is 26.3 Å². The van der Waals surface area contributed by atoms with Gasteiger partial charge >= 0.3 is 5.97 Å². The average molecular weight is 299 g/mol. The molecule has 4 heteroatoms. The summed E-state index contributed by atoms with van der Waals surface area (Å²) < 4.78 is 7.74. The number of nitrogens with zero attached hydrogens (tertiary/aromatic N) is 1. The molecule has 0 aliphatic carbocycles. The van der Waals surface area contributed by atoms with Crippen LogP contribution in [0.4, 0.5) is 0 Å². The first-order chi connectivity index (χ1) is 10.6. The maximum absolute atomic E-state index is 10.5. The largest absolute Gasteiger partial charge is 0.494 e. The molecule has 1 N–H and O–H groups in total. The molecule has 116 valence electrons. The third kappa shape index (κ3) is 5.13. The maximum atomic E-state index is 10.5. The number of aromatic nitrogens is 1. The summed E-state index contributed by atoms with van der Waals surface area (Å²) in [6, 6.07) is 11.9. The monoisotopic (exact) mass is 299 g/mol. The Morgan fingerprint density at radius 3 is 2.73 bits per heavy atom. The summed E-state index contributed by atoms with van der Waals surface area (Å²) in [5, 5.41) is 8.66. The lowest BCUT2D eigenvalue weighted by Crippen LogP contribution is -2.03. The van der Waals surface area contributed by atoms with Crippen molar-refractivity contribution in [2.75, 3.05) is 6.61 Å². The van der Waals surface area contributed by atoms with Crippen molar-refractivity contribution in [3.63, 3.8) is 0 Å². The molecular weight excluding hydrogens is 278 g/mol. The molecule has 0 radical (unpaired) electrons. The van der Waals surface area contributed by atoms with Crippen LogP contribution < -0.4 is 4.74 Å². The van der Waals surface area contributed by atoms with Gasteiger partial charge in [-0.15, -0.1) is 0 Å². The Bertz CT molecular complexity index is 626. The quantitative estimate of drug-likeness (QED) is 0.596. The van der Waals surface area contributed by atoms with E-state index < -0.39 is 5.97 Å². The van der Waals surface area contributed by atoms with E-state index in [-0.39, 0.29) is 0 Å². The number of aliphatic carboxylic acids is 1. The summed E-state index contributed by atoms with van der Waals surface area (Å²) >= 11 is 0. The number of aryl methyl sites for hydroxylation is 2. The van der Waals surface area contributed by atoms with Gasteiger partial charge in [0.2, 0.25) is 0 Å². The van der Waals surface area contributed by atoms with Crippen LogP contribution >= 0.6 is 0 Å². The van der Waals surface area contributed by atoms with Gasteiger partial charge in [-0.1, -0.05) is 17.7 Å². The SMILES string of the molecule is Cc1ccc(OCCCCn2cccc2/C=C/C(=O)O)cc1. The van der Waals surface area contributed by atoms with Gasteiger partial charge in [0.1, 0.15) is 5.75 Å². The maximum Gasteiger partial charge on any atom is 0.328 e. The summed E-state index contributed by atoms with van der Waals surface area (Å²) in [6.45, 7) is 3.59. The van der Waals surface area contributed by atoms with E-state index in [1.165, 1.54) is 5.56 Å². The number of benzene rings is 1. The van der Waals surface area contributed by atoms with E-state index >= 15 is 0 Å². The third-order valence-corrected chi connectivity index (χ3v) is 3.34. The van der Waals surface area contributed by atoms with E-state index in [0.29, 0.717) is 6.61 Å². The van der Waals surface area contributed by atoms with Crippen molar-refractivity contribution in [3.8, 4) is 5.75 Å². The molecule has 4 nitrogen and oxygen atoms in total. The van der Waals surface area contributed by atoms with Gasteiger partial charge in [0.25, 0.3) is 0 Å². The van der Waals surface area contributed by atoms with Crippen LogP contribution in [-0.2, 0) is 11.3 Å². The van der Waals surface area contributed by atoms with Crippen molar-refractivity contribution >= 4 is 12.0 Å². The first-order valence-corrected chi connectivity index (χ1v) is 7.41. The van der Waals surface area contributed by atoms with Crippen LogP contribution in [0.25, 0.3) is 6.08 Å². The Labute approximate surface area is 130 Å². The predicted octanol–water partition coefficient (Wildman–Crippen LogP) is 3.75. The van der Waals surface area contributed by atoms with Gasteiger partial charge in [-0.05, 0) is 50.1 Å². The molecule has 1 aromatic carbocycles. The zero-order valence-electron chi connectivity index (χ0n) is 12.7. The fourth-order valence-corrected chi connectivity index (χ4v) is 2.15. The van der Waals surface area contributed by atoms with Crippen LogP contribution in [0.15, 0.2) is 48.7 Å². The van der Waals surface area contributed by atoms with Crippen molar-refractivity contribution in [1.82, 2.24) is 4.57 Å². The van der Waals surface area contributed by atoms with Gasteiger partial charge in [0.15, 0.2) is 0 Å². The third-order valence-electron chi connectivity index (χ3n) is 3.34. The molecule has 0 atom stereocenters. The Balaban J connectivity index is 1.72. The highest BCUT2D eigenvalue weighted by Crippen LogP contribution is 2.12. The summed E-state index contributed by atoms with van der Waals surface area (Å²) in [5.74, 6) is -0.0316. The van der Waals surface area contributed by atoms with Crippen LogP contribution in [0, 0.1) is 6.92 Å². The molecule has 0 amide bonds. The van der Waals surface area contributed by atoms with E-state index in [1.54, 1.807) is 6.08 Å². The van der Waals surface area contributed by atoms with Crippen molar-refractivity contribution in [2.24, 2.45) is 0 Å². The van der Waals surface area contributed by atoms with Crippen LogP contribution in [0.5, 0.6) is 5.75 Å². The van der Waals surface area contributed by atoms with Crippen LogP contribution in [0.3, 0.4) is 0 Å². The second-order valence-corrected chi connectivity index (χ2v) is 5.17.